The monoisotopic (exact) mass is 513 g/mol. The van der Waals surface area contributed by atoms with E-state index < -0.39 is 12.1 Å². The van der Waals surface area contributed by atoms with E-state index in [1.165, 1.54) is 19.2 Å². The van der Waals surface area contributed by atoms with Gasteiger partial charge in [-0.3, -0.25) is 9.38 Å². The number of rotatable bonds is 6. The molecule has 5 rings (SSSR count). The molecule has 0 aliphatic carbocycles. The largest absolute Gasteiger partial charge is 0.573 e. The number of methoxy groups -OCH3 is 1. The maximum Gasteiger partial charge on any atom is 0.573 e. The number of nitrogen functional groups attached to an aromatic ring is 1. The normalized spacial score (nSPS) is 16.2. The Hall–Kier alpha value is -4.06. The predicted molar refractivity (Wildman–Crippen MR) is 133 cm³/mol. The van der Waals surface area contributed by atoms with Crippen LogP contribution in [0, 0.1) is 0 Å². The minimum atomic E-state index is -4.88. The van der Waals surface area contributed by atoms with E-state index in [0.29, 0.717) is 30.1 Å². The number of pyridine rings is 1. The number of nitrogens with zero attached hydrogens (tertiary/aromatic N) is 5. The molecule has 1 aromatic carbocycles. The van der Waals surface area contributed by atoms with Gasteiger partial charge in [-0.15, -0.1) is 13.2 Å². The highest BCUT2D eigenvalue weighted by Crippen LogP contribution is 2.38. The number of aromatic nitrogens is 4. The number of hydrogen-bond acceptors (Lipinski definition) is 8. The third-order valence-electron chi connectivity index (χ3n) is 6.36. The van der Waals surface area contributed by atoms with Crippen molar-refractivity contribution < 1.29 is 22.6 Å². The lowest BCUT2D eigenvalue weighted by molar-refractivity contribution is -0.274. The summed E-state index contributed by atoms with van der Waals surface area (Å²) in [5, 5.41) is 0. The van der Waals surface area contributed by atoms with E-state index in [9.17, 15) is 13.2 Å². The van der Waals surface area contributed by atoms with E-state index in [4.69, 9.17) is 16.2 Å². The van der Waals surface area contributed by atoms with Crippen LogP contribution < -0.4 is 25.8 Å². The lowest BCUT2D eigenvalue weighted by Gasteiger charge is -2.34. The van der Waals surface area contributed by atoms with Crippen LogP contribution in [0.15, 0.2) is 49.1 Å². The highest BCUT2D eigenvalue weighted by atomic mass is 19.4. The molecule has 1 aliphatic rings. The zero-order valence-electron chi connectivity index (χ0n) is 20.1. The molecule has 12 heteroatoms. The Morgan fingerprint density at radius 2 is 1.97 bits per heavy atom. The van der Waals surface area contributed by atoms with Crippen molar-refractivity contribution >= 4 is 17.2 Å². The second-order valence-corrected chi connectivity index (χ2v) is 8.89. The minimum Gasteiger partial charge on any atom is -0.497 e. The molecule has 1 saturated heterocycles. The van der Waals surface area contributed by atoms with Gasteiger partial charge in [-0.05, 0) is 36.6 Å². The zero-order valence-corrected chi connectivity index (χ0v) is 20.1. The molecule has 0 bridgehead atoms. The van der Waals surface area contributed by atoms with Gasteiger partial charge in [0.1, 0.15) is 11.5 Å². The number of hydrogen-bond donors (Lipinski definition) is 2. The summed E-state index contributed by atoms with van der Waals surface area (Å²) in [6.45, 7) is 1.46. The van der Waals surface area contributed by atoms with Crippen LogP contribution in [0.2, 0.25) is 0 Å². The summed E-state index contributed by atoms with van der Waals surface area (Å²) in [7, 11) is 1.37. The summed E-state index contributed by atoms with van der Waals surface area (Å²) in [6, 6.07) is 6.07. The van der Waals surface area contributed by atoms with Gasteiger partial charge in [-0.2, -0.15) is 0 Å². The maximum atomic E-state index is 13.2. The van der Waals surface area contributed by atoms with Crippen LogP contribution in [0.5, 0.6) is 11.5 Å². The van der Waals surface area contributed by atoms with Crippen LogP contribution in [0.25, 0.3) is 16.9 Å². The number of fused-ring (bicyclic) bond motifs is 1. The molecule has 1 fully saturated rings. The Morgan fingerprint density at radius 1 is 1.14 bits per heavy atom. The van der Waals surface area contributed by atoms with Crippen molar-refractivity contribution in [2.75, 3.05) is 30.8 Å². The maximum absolute atomic E-state index is 13.2. The summed E-state index contributed by atoms with van der Waals surface area (Å²) in [5.74, 6) is 0.143. The molecule has 0 saturated carbocycles. The molecule has 1 aliphatic heterocycles. The Balaban J connectivity index is 1.61. The lowest BCUT2D eigenvalue weighted by Crippen LogP contribution is -2.43. The van der Waals surface area contributed by atoms with Gasteiger partial charge in [-0.1, -0.05) is 0 Å². The van der Waals surface area contributed by atoms with E-state index >= 15 is 0 Å². The minimum absolute atomic E-state index is 0.0244. The van der Waals surface area contributed by atoms with Crippen molar-refractivity contribution in [3.63, 3.8) is 0 Å². The van der Waals surface area contributed by atoms with Crippen LogP contribution in [0.1, 0.15) is 24.1 Å². The fourth-order valence-electron chi connectivity index (χ4n) is 4.66. The van der Waals surface area contributed by atoms with E-state index in [0.717, 1.165) is 36.3 Å². The Labute approximate surface area is 210 Å². The summed E-state index contributed by atoms with van der Waals surface area (Å²) < 4.78 is 50.9. The highest BCUT2D eigenvalue weighted by molar-refractivity contribution is 5.72. The molecule has 1 atom stereocenters. The third kappa shape index (κ3) is 5.24. The zero-order chi connectivity index (χ0) is 26.2. The van der Waals surface area contributed by atoms with Gasteiger partial charge in [0.2, 0.25) is 0 Å². The number of halogens is 3. The molecular weight excluding hydrogens is 487 g/mol. The second kappa shape index (κ2) is 9.77. The first-order valence-electron chi connectivity index (χ1n) is 11.7. The van der Waals surface area contributed by atoms with Crippen molar-refractivity contribution in [1.82, 2.24) is 19.4 Å². The molecule has 4 heterocycles. The van der Waals surface area contributed by atoms with Crippen molar-refractivity contribution in [2.45, 2.75) is 31.7 Å². The average molecular weight is 514 g/mol. The van der Waals surface area contributed by atoms with Gasteiger partial charge in [0, 0.05) is 61.5 Å². The predicted octanol–water partition coefficient (Wildman–Crippen LogP) is 3.80. The quantitative estimate of drug-likeness (QED) is 0.400. The van der Waals surface area contributed by atoms with Crippen molar-refractivity contribution in [3.8, 4) is 22.8 Å². The summed E-state index contributed by atoms with van der Waals surface area (Å²) in [6.07, 6.45) is 4.17. The number of nitrogens with two attached hydrogens (primary N) is 2. The van der Waals surface area contributed by atoms with E-state index in [2.05, 4.69) is 24.6 Å². The first kappa shape index (κ1) is 24.6. The number of anilines is 2. The first-order valence-corrected chi connectivity index (χ1v) is 11.7. The summed E-state index contributed by atoms with van der Waals surface area (Å²) in [5.41, 5.74) is 15.8. The van der Waals surface area contributed by atoms with Gasteiger partial charge in [0.05, 0.1) is 24.7 Å². The molecule has 3 aromatic heterocycles. The highest BCUT2D eigenvalue weighted by Gasteiger charge is 2.33. The number of benzene rings is 1. The van der Waals surface area contributed by atoms with Crippen LogP contribution in [0.3, 0.4) is 0 Å². The molecule has 4 N–H and O–H groups in total. The van der Waals surface area contributed by atoms with Gasteiger partial charge in [-0.25, -0.2) is 9.97 Å². The summed E-state index contributed by atoms with van der Waals surface area (Å²) in [4.78, 5) is 15.2. The number of alkyl halides is 3. The molecule has 0 radical (unpaired) electrons. The number of piperidine rings is 1. The smallest absolute Gasteiger partial charge is 0.497 e. The number of ether oxygens (including phenoxy) is 2. The molecule has 194 valence electrons. The molecule has 9 nitrogen and oxygen atoms in total. The van der Waals surface area contributed by atoms with Gasteiger partial charge < -0.3 is 25.8 Å². The van der Waals surface area contributed by atoms with E-state index in [1.54, 1.807) is 36.9 Å². The van der Waals surface area contributed by atoms with E-state index in [-0.39, 0.29) is 17.4 Å². The molecule has 0 spiro atoms. The Kier molecular flexibility index (Phi) is 6.50. The standard InChI is InChI=1S/C25H26F3N7O2/c1-36-18-4-5-19(22(11-18)37-25(26,27)28)20-10-15(21(13-32-20)34-7-2-3-16(29)14-34)9-17-12-33-24-23(30)31-6-8-35(17)24/h4-6,8,10-13,16H,2-3,7,9,14,29H2,1H3,(H2,30,31)/t16-/m1/s1. The van der Waals surface area contributed by atoms with E-state index in [1.807, 2.05) is 4.40 Å². The molecular formula is C25H26F3N7O2. The third-order valence-corrected chi connectivity index (χ3v) is 6.36. The molecule has 0 amide bonds. The van der Waals surface area contributed by atoms with Gasteiger partial charge in [0.25, 0.3) is 0 Å². The number of imidazole rings is 1. The molecule has 0 unspecified atom stereocenters. The van der Waals surface area contributed by atoms with Crippen LogP contribution in [0.4, 0.5) is 24.7 Å². The van der Waals surface area contributed by atoms with Gasteiger partial charge >= 0.3 is 6.36 Å². The molecule has 4 aromatic rings. The van der Waals surface area contributed by atoms with Crippen LogP contribution >= 0.6 is 0 Å². The Morgan fingerprint density at radius 3 is 2.73 bits per heavy atom. The summed E-state index contributed by atoms with van der Waals surface area (Å²) >= 11 is 0. The Bertz CT molecular complexity index is 1420. The average Bonchev–Trinajstić information content (AvgIpc) is 3.27. The lowest BCUT2D eigenvalue weighted by atomic mass is 10.0. The van der Waals surface area contributed by atoms with Crippen molar-refractivity contribution in [2.24, 2.45) is 5.73 Å². The van der Waals surface area contributed by atoms with Gasteiger partial charge in [0.15, 0.2) is 11.5 Å². The first-order chi connectivity index (χ1) is 17.7. The fraction of sp³-hybridized carbons (Fsp3) is 0.320. The fourth-order valence-corrected chi connectivity index (χ4v) is 4.66. The van der Waals surface area contributed by atoms with Crippen molar-refractivity contribution in [3.05, 3.63) is 60.3 Å². The van der Waals surface area contributed by atoms with Crippen molar-refractivity contribution in [1.29, 1.82) is 0 Å². The van der Waals surface area contributed by atoms with Crippen LogP contribution in [-0.2, 0) is 6.42 Å². The topological polar surface area (TPSA) is 117 Å². The SMILES string of the molecule is COc1ccc(-c2cc(Cc3cnc4c(N)nccn34)c(N3CCC[C@@H](N)C3)cn2)c(OC(F)(F)F)c1. The second-order valence-electron chi connectivity index (χ2n) is 8.89. The molecule has 37 heavy (non-hydrogen) atoms. The van der Waals surface area contributed by atoms with Crippen LogP contribution in [-0.4, -0.2) is 52.0 Å².